The summed E-state index contributed by atoms with van der Waals surface area (Å²) in [6.07, 6.45) is 5.93. The topological polar surface area (TPSA) is 74.3 Å². The number of hydrogen-bond donors (Lipinski definition) is 2. The van der Waals surface area contributed by atoms with Crippen molar-refractivity contribution in [2.45, 2.75) is 42.7 Å². The first kappa shape index (κ1) is 16.2. The van der Waals surface area contributed by atoms with E-state index in [4.69, 9.17) is 0 Å². The van der Waals surface area contributed by atoms with Crippen LogP contribution in [0.1, 0.15) is 25.7 Å². The summed E-state index contributed by atoms with van der Waals surface area (Å²) in [4.78, 5) is 4.45. The lowest BCUT2D eigenvalue weighted by Crippen LogP contribution is -2.35. The molecular weight excluding hydrogens is 288 g/mol. The molecule has 1 aliphatic carbocycles. The van der Waals surface area contributed by atoms with Crippen LogP contribution in [0.3, 0.4) is 0 Å². The van der Waals surface area contributed by atoms with E-state index in [1.54, 1.807) is 12.1 Å². The summed E-state index contributed by atoms with van der Waals surface area (Å²) in [5.41, 5.74) is 0. The van der Waals surface area contributed by atoms with E-state index in [2.05, 4.69) is 15.6 Å². The Kier molecular flexibility index (Phi) is 5.18. The Balaban J connectivity index is 1.97. The van der Waals surface area contributed by atoms with Crippen molar-refractivity contribution in [2.75, 3.05) is 26.5 Å². The van der Waals surface area contributed by atoms with Gasteiger partial charge in [0.05, 0.1) is 0 Å². The Morgan fingerprint density at radius 2 is 1.76 bits per heavy atom. The molecule has 0 aliphatic heterocycles. The number of nitrogens with one attached hydrogen (secondary N) is 2. The number of aromatic nitrogens is 1. The molecule has 6 nitrogen and oxygen atoms in total. The zero-order chi connectivity index (χ0) is 15.5. The van der Waals surface area contributed by atoms with E-state index in [0.717, 1.165) is 31.5 Å². The quantitative estimate of drug-likeness (QED) is 0.856. The van der Waals surface area contributed by atoms with Gasteiger partial charge in [0.2, 0.25) is 10.0 Å². The second-order valence-electron chi connectivity index (χ2n) is 5.65. The van der Waals surface area contributed by atoms with Crippen LogP contribution in [-0.4, -0.2) is 50.9 Å². The molecule has 0 aromatic carbocycles. The molecule has 21 heavy (non-hydrogen) atoms. The Morgan fingerprint density at radius 1 is 1.14 bits per heavy atom. The van der Waals surface area contributed by atoms with E-state index in [1.807, 2.05) is 7.05 Å². The van der Waals surface area contributed by atoms with Crippen molar-refractivity contribution in [2.24, 2.45) is 0 Å². The van der Waals surface area contributed by atoms with Crippen molar-refractivity contribution in [1.29, 1.82) is 0 Å². The molecule has 0 spiro atoms. The lowest BCUT2D eigenvalue weighted by Gasteiger charge is -2.29. The third-order valence-corrected chi connectivity index (χ3v) is 5.80. The zero-order valence-electron chi connectivity index (χ0n) is 12.8. The molecule has 1 aliphatic rings. The molecule has 1 fully saturated rings. The monoisotopic (exact) mass is 312 g/mol. The fourth-order valence-electron chi connectivity index (χ4n) is 2.56. The molecule has 0 atom stereocenters. The molecule has 1 saturated carbocycles. The van der Waals surface area contributed by atoms with Gasteiger partial charge >= 0.3 is 0 Å². The van der Waals surface area contributed by atoms with E-state index in [9.17, 15) is 8.42 Å². The maximum atomic E-state index is 12.0. The van der Waals surface area contributed by atoms with Gasteiger partial charge in [-0.2, -0.15) is 0 Å². The van der Waals surface area contributed by atoms with Crippen LogP contribution in [0.15, 0.2) is 23.2 Å². The molecule has 118 valence electrons. The normalized spacial score (nSPS) is 23.2. The van der Waals surface area contributed by atoms with E-state index in [0.29, 0.717) is 12.1 Å². The van der Waals surface area contributed by atoms with Crippen LogP contribution in [0.2, 0.25) is 0 Å². The lowest BCUT2D eigenvalue weighted by atomic mass is 9.91. The van der Waals surface area contributed by atoms with Gasteiger partial charge in [0.25, 0.3) is 0 Å². The summed E-state index contributed by atoms with van der Waals surface area (Å²) >= 11 is 0. The second kappa shape index (κ2) is 6.72. The minimum Gasteiger partial charge on any atom is -0.367 e. The van der Waals surface area contributed by atoms with Crippen molar-refractivity contribution in [1.82, 2.24) is 14.6 Å². The van der Waals surface area contributed by atoms with E-state index < -0.39 is 10.0 Å². The molecule has 0 amide bonds. The zero-order valence-corrected chi connectivity index (χ0v) is 13.7. The van der Waals surface area contributed by atoms with E-state index >= 15 is 0 Å². The summed E-state index contributed by atoms with van der Waals surface area (Å²) in [6.45, 7) is 0. The first-order valence-electron chi connectivity index (χ1n) is 7.26. The SMILES string of the molecule is CNC1CCC(Nc2ccc(S(=O)(=O)N(C)C)cn2)CC1. The second-order valence-corrected chi connectivity index (χ2v) is 7.80. The molecule has 1 aromatic heterocycles. The third kappa shape index (κ3) is 3.93. The molecular formula is C14H24N4O2S. The fraction of sp³-hybridized carbons (Fsp3) is 0.643. The van der Waals surface area contributed by atoms with Gasteiger partial charge in [-0.15, -0.1) is 0 Å². The minimum atomic E-state index is -3.40. The number of pyridine rings is 1. The van der Waals surface area contributed by atoms with Crippen LogP contribution in [0.4, 0.5) is 5.82 Å². The van der Waals surface area contributed by atoms with Gasteiger partial charge in [0, 0.05) is 32.4 Å². The summed E-state index contributed by atoms with van der Waals surface area (Å²) < 4.78 is 25.1. The number of anilines is 1. The fourth-order valence-corrected chi connectivity index (χ4v) is 3.41. The molecule has 7 heteroatoms. The molecule has 0 radical (unpaired) electrons. The first-order chi connectivity index (χ1) is 9.93. The van der Waals surface area contributed by atoms with Gasteiger partial charge in [0.1, 0.15) is 10.7 Å². The highest BCUT2D eigenvalue weighted by Gasteiger charge is 2.21. The van der Waals surface area contributed by atoms with E-state index in [-0.39, 0.29) is 4.90 Å². The predicted octanol–water partition coefficient (Wildman–Crippen LogP) is 1.27. The van der Waals surface area contributed by atoms with Crippen molar-refractivity contribution < 1.29 is 8.42 Å². The molecule has 2 N–H and O–H groups in total. The van der Waals surface area contributed by atoms with Crippen LogP contribution in [0, 0.1) is 0 Å². The highest BCUT2D eigenvalue weighted by molar-refractivity contribution is 7.89. The average Bonchev–Trinajstić information content (AvgIpc) is 2.48. The molecule has 2 rings (SSSR count). The van der Waals surface area contributed by atoms with Crippen LogP contribution in [0.5, 0.6) is 0 Å². The number of hydrogen-bond acceptors (Lipinski definition) is 5. The van der Waals surface area contributed by atoms with Gasteiger partial charge in [-0.1, -0.05) is 0 Å². The first-order valence-corrected chi connectivity index (χ1v) is 8.70. The molecule has 0 bridgehead atoms. The van der Waals surface area contributed by atoms with Crippen molar-refractivity contribution in [3.05, 3.63) is 18.3 Å². The molecule has 1 aromatic rings. The Labute approximate surface area is 127 Å². The van der Waals surface area contributed by atoms with Crippen molar-refractivity contribution in [3.8, 4) is 0 Å². The van der Waals surface area contributed by atoms with E-state index in [1.165, 1.54) is 24.6 Å². The van der Waals surface area contributed by atoms with Crippen molar-refractivity contribution in [3.63, 3.8) is 0 Å². The molecule has 0 saturated heterocycles. The van der Waals surface area contributed by atoms with Gasteiger partial charge in [0.15, 0.2) is 0 Å². The Hall–Kier alpha value is -1.18. The van der Waals surface area contributed by atoms with Crippen LogP contribution in [0.25, 0.3) is 0 Å². The van der Waals surface area contributed by atoms with Gasteiger partial charge < -0.3 is 10.6 Å². The lowest BCUT2D eigenvalue weighted by molar-refractivity contribution is 0.371. The van der Waals surface area contributed by atoms with Crippen LogP contribution < -0.4 is 10.6 Å². The molecule has 0 unspecified atom stereocenters. The maximum Gasteiger partial charge on any atom is 0.244 e. The van der Waals surface area contributed by atoms with Gasteiger partial charge in [-0.05, 0) is 44.9 Å². The van der Waals surface area contributed by atoms with Gasteiger partial charge in [-0.25, -0.2) is 17.7 Å². The minimum absolute atomic E-state index is 0.219. The summed E-state index contributed by atoms with van der Waals surface area (Å²) in [5, 5.41) is 6.69. The van der Waals surface area contributed by atoms with Crippen LogP contribution >= 0.6 is 0 Å². The Bertz CT molecular complexity index is 549. The summed E-state index contributed by atoms with van der Waals surface area (Å²) in [7, 11) is 1.63. The van der Waals surface area contributed by atoms with Gasteiger partial charge in [-0.3, -0.25) is 0 Å². The number of rotatable bonds is 5. The summed E-state index contributed by atoms with van der Waals surface area (Å²) in [6, 6.07) is 4.37. The van der Waals surface area contributed by atoms with Crippen LogP contribution in [-0.2, 0) is 10.0 Å². The Morgan fingerprint density at radius 3 is 2.24 bits per heavy atom. The highest BCUT2D eigenvalue weighted by Crippen LogP contribution is 2.22. The number of nitrogens with zero attached hydrogens (tertiary/aromatic N) is 2. The third-order valence-electron chi connectivity index (χ3n) is 4.00. The average molecular weight is 312 g/mol. The predicted molar refractivity (Wildman–Crippen MR) is 83.8 cm³/mol. The summed E-state index contributed by atoms with van der Waals surface area (Å²) in [5.74, 6) is 0.737. The van der Waals surface area contributed by atoms with Crippen molar-refractivity contribution >= 4 is 15.8 Å². The maximum absolute atomic E-state index is 12.0. The highest BCUT2D eigenvalue weighted by atomic mass is 32.2. The molecule has 1 heterocycles. The largest absolute Gasteiger partial charge is 0.367 e. The smallest absolute Gasteiger partial charge is 0.244 e. The number of sulfonamides is 1. The standard InChI is InChI=1S/C14H24N4O2S/c1-15-11-4-6-12(7-5-11)17-14-9-8-13(10-16-14)21(19,20)18(2)3/h8-12,15H,4-7H2,1-3H3,(H,16,17).